The molecule has 1 rings (SSSR count). The van der Waals surface area contributed by atoms with E-state index in [1.165, 1.54) is 4.90 Å². The third-order valence-electron chi connectivity index (χ3n) is 2.15. The molecule has 1 aliphatic rings. The lowest BCUT2D eigenvalue weighted by Crippen LogP contribution is -2.39. The van der Waals surface area contributed by atoms with Gasteiger partial charge in [-0.15, -0.1) is 0 Å². The third-order valence-corrected chi connectivity index (χ3v) is 2.15. The monoisotopic (exact) mass is 215 g/mol. The third kappa shape index (κ3) is 3.20. The molecule has 5 nitrogen and oxygen atoms in total. The molecule has 15 heavy (non-hydrogen) atoms. The number of carbonyl (C=O) groups excluding carboxylic acids is 2. The van der Waals surface area contributed by atoms with Gasteiger partial charge in [-0.2, -0.15) is 0 Å². The molecule has 0 aliphatic carbocycles. The van der Waals surface area contributed by atoms with Gasteiger partial charge in [-0.25, -0.2) is 4.79 Å². The molecule has 0 aromatic heterocycles. The molecule has 0 spiro atoms. The number of β-amino-alcohol motifs (C(OH)–C–C–N with tert-alkyl or cyclic N) is 1. The summed E-state index contributed by atoms with van der Waals surface area (Å²) in [6, 6.07) is 0. The molecule has 0 radical (unpaired) electrons. The van der Waals surface area contributed by atoms with E-state index in [1.807, 2.05) is 0 Å². The lowest BCUT2D eigenvalue weighted by atomic mass is 10.1. The molecular weight excluding hydrogens is 198 g/mol. The van der Waals surface area contributed by atoms with Gasteiger partial charge in [-0.1, -0.05) is 0 Å². The number of aliphatic hydroxyl groups is 1. The number of ether oxygens (including phenoxy) is 1. The molecule has 1 N–H and O–H groups in total. The highest BCUT2D eigenvalue weighted by Crippen LogP contribution is 2.21. The van der Waals surface area contributed by atoms with Crippen LogP contribution in [0.4, 0.5) is 4.79 Å². The van der Waals surface area contributed by atoms with Gasteiger partial charge in [-0.05, 0) is 20.8 Å². The predicted molar refractivity (Wildman–Crippen MR) is 53.4 cm³/mol. The van der Waals surface area contributed by atoms with Crippen molar-refractivity contribution in [1.82, 2.24) is 4.90 Å². The standard InChI is InChI=1S/C10H17NO4/c1-9(2,3)15-8(13)11-5-4-10(14,6-11)7-12/h7,14H,4-6H2,1-3H3. The van der Waals surface area contributed by atoms with Crippen LogP contribution in [0.1, 0.15) is 27.2 Å². The van der Waals surface area contributed by atoms with Crippen molar-refractivity contribution in [3.05, 3.63) is 0 Å². The van der Waals surface area contributed by atoms with Gasteiger partial charge >= 0.3 is 6.09 Å². The van der Waals surface area contributed by atoms with E-state index in [0.29, 0.717) is 12.8 Å². The van der Waals surface area contributed by atoms with Crippen LogP contribution in [0.25, 0.3) is 0 Å². The average molecular weight is 215 g/mol. The molecular formula is C10H17NO4. The van der Waals surface area contributed by atoms with Crippen molar-refractivity contribution < 1.29 is 19.4 Å². The molecule has 86 valence electrons. The van der Waals surface area contributed by atoms with E-state index in [9.17, 15) is 14.7 Å². The Morgan fingerprint density at radius 3 is 2.53 bits per heavy atom. The van der Waals surface area contributed by atoms with Gasteiger partial charge in [0.05, 0.1) is 6.54 Å². The second-order valence-electron chi connectivity index (χ2n) is 4.87. The average Bonchev–Trinajstić information content (AvgIpc) is 2.46. The molecule has 0 aromatic rings. The topological polar surface area (TPSA) is 66.8 Å². The van der Waals surface area contributed by atoms with E-state index < -0.39 is 17.3 Å². The fourth-order valence-electron chi connectivity index (χ4n) is 1.40. The van der Waals surface area contributed by atoms with Crippen molar-refractivity contribution in [1.29, 1.82) is 0 Å². The number of amides is 1. The van der Waals surface area contributed by atoms with E-state index in [0.717, 1.165) is 0 Å². The zero-order valence-corrected chi connectivity index (χ0v) is 9.32. The first kappa shape index (κ1) is 12.0. The molecule has 1 amide bonds. The lowest BCUT2D eigenvalue weighted by molar-refractivity contribution is -0.122. The maximum atomic E-state index is 11.5. The Kier molecular flexibility index (Phi) is 3.04. The summed E-state index contributed by atoms with van der Waals surface area (Å²) in [6.07, 6.45) is 0.271. The number of hydrogen-bond donors (Lipinski definition) is 1. The summed E-state index contributed by atoms with van der Waals surface area (Å²) in [6.45, 7) is 5.68. The Balaban J connectivity index is 2.54. The number of nitrogens with zero attached hydrogens (tertiary/aromatic N) is 1. The summed E-state index contributed by atoms with van der Waals surface area (Å²) in [5.74, 6) is 0. The Labute approximate surface area is 89.0 Å². The minimum Gasteiger partial charge on any atom is -0.444 e. The van der Waals surface area contributed by atoms with Crippen LogP contribution >= 0.6 is 0 Å². The Bertz CT molecular complexity index is 271. The van der Waals surface area contributed by atoms with Crippen LogP contribution in [-0.4, -0.2) is 46.7 Å². The zero-order chi connectivity index (χ0) is 11.7. The zero-order valence-electron chi connectivity index (χ0n) is 9.32. The van der Waals surface area contributed by atoms with Crippen molar-refractivity contribution in [2.75, 3.05) is 13.1 Å². The number of aldehydes is 1. The van der Waals surface area contributed by atoms with Crippen LogP contribution in [0.5, 0.6) is 0 Å². The molecule has 0 saturated carbocycles. The molecule has 1 saturated heterocycles. The fraction of sp³-hybridized carbons (Fsp3) is 0.800. The second-order valence-corrected chi connectivity index (χ2v) is 4.87. The van der Waals surface area contributed by atoms with Gasteiger partial charge in [0.25, 0.3) is 0 Å². The summed E-state index contributed by atoms with van der Waals surface area (Å²) in [4.78, 5) is 23.4. The van der Waals surface area contributed by atoms with Crippen molar-refractivity contribution in [3.63, 3.8) is 0 Å². The highest BCUT2D eigenvalue weighted by Gasteiger charge is 2.39. The van der Waals surface area contributed by atoms with Gasteiger partial charge in [0.1, 0.15) is 11.2 Å². The molecule has 1 fully saturated rings. The molecule has 5 heteroatoms. The number of hydrogen-bond acceptors (Lipinski definition) is 4. The molecule has 0 bridgehead atoms. The van der Waals surface area contributed by atoms with Crippen LogP contribution < -0.4 is 0 Å². The van der Waals surface area contributed by atoms with Gasteiger partial charge in [-0.3, -0.25) is 0 Å². The summed E-state index contributed by atoms with van der Waals surface area (Å²) in [5.41, 5.74) is -1.95. The fourth-order valence-corrected chi connectivity index (χ4v) is 1.40. The van der Waals surface area contributed by atoms with Gasteiger partial charge in [0, 0.05) is 13.0 Å². The first-order chi connectivity index (χ1) is 6.76. The minimum absolute atomic E-state index is 0.0193. The normalized spacial score (nSPS) is 26.5. The van der Waals surface area contributed by atoms with Crippen LogP contribution in [0, 0.1) is 0 Å². The number of likely N-dealkylation sites (tertiary alicyclic amines) is 1. The molecule has 0 aromatic carbocycles. The van der Waals surface area contributed by atoms with E-state index in [-0.39, 0.29) is 13.0 Å². The van der Waals surface area contributed by atoms with Gasteiger partial charge in [0.2, 0.25) is 0 Å². The second kappa shape index (κ2) is 3.81. The summed E-state index contributed by atoms with van der Waals surface area (Å²) >= 11 is 0. The summed E-state index contributed by atoms with van der Waals surface area (Å²) in [5, 5.41) is 9.60. The van der Waals surface area contributed by atoms with Crippen LogP contribution in [-0.2, 0) is 9.53 Å². The maximum absolute atomic E-state index is 11.5. The highest BCUT2D eigenvalue weighted by atomic mass is 16.6. The van der Waals surface area contributed by atoms with Crippen LogP contribution in [0.2, 0.25) is 0 Å². The predicted octanol–water partition coefficient (Wildman–Crippen LogP) is 0.557. The van der Waals surface area contributed by atoms with Crippen molar-refractivity contribution in [2.24, 2.45) is 0 Å². The van der Waals surface area contributed by atoms with Crippen molar-refractivity contribution >= 4 is 12.4 Å². The largest absolute Gasteiger partial charge is 0.444 e. The molecule has 1 unspecified atom stereocenters. The van der Waals surface area contributed by atoms with Crippen LogP contribution in [0.3, 0.4) is 0 Å². The van der Waals surface area contributed by atoms with E-state index in [4.69, 9.17) is 4.74 Å². The Morgan fingerprint density at radius 2 is 2.13 bits per heavy atom. The Hall–Kier alpha value is -1.10. The molecule has 1 atom stereocenters. The lowest BCUT2D eigenvalue weighted by Gasteiger charge is -2.24. The number of rotatable bonds is 1. The smallest absolute Gasteiger partial charge is 0.410 e. The summed E-state index contributed by atoms with van der Waals surface area (Å²) < 4.78 is 5.12. The summed E-state index contributed by atoms with van der Waals surface area (Å²) in [7, 11) is 0. The van der Waals surface area contributed by atoms with Crippen LogP contribution in [0.15, 0.2) is 0 Å². The quantitative estimate of drug-likeness (QED) is 0.649. The molecule has 1 aliphatic heterocycles. The van der Waals surface area contributed by atoms with Gasteiger partial charge in [0.15, 0.2) is 6.29 Å². The molecule has 1 heterocycles. The number of carbonyl (C=O) groups is 2. The Morgan fingerprint density at radius 1 is 1.53 bits per heavy atom. The van der Waals surface area contributed by atoms with Crippen molar-refractivity contribution in [3.8, 4) is 0 Å². The minimum atomic E-state index is -1.39. The van der Waals surface area contributed by atoms with Gasteiger partial charge < -0.3 is 19.5 Å². The van der Waals surface area contributed by atoms with E-state index in [2.05, 4.69) is 0 Å². The first-order valence-corrected chi connectivity index (χ1v) is 4.92. The van der Waals surface area contributed by atoms with Crippen molar-refractivity contribution in [2.45, 2.75) is 38.4 Å². The van der Waals surface area contributed by atoms with E-state index in [1.54, 1.807) is 20.8 Å². The first-order valence-electron chi connectivity index (χ1n) is 4.92. The SMILES string of the molecule is CC(C)(C)OC(=O)N1CCC(O)(C=O)C1. The van der Waals surface area contributed by atoms with E-state index >= 15 is 0 Å². The highest BCUT2D eigenvalue weighted by molar-refractivity contribution is 5.72. The maximum Gasteiger partial charge on any atom is 0.410 e.